The Morgan fingerprint density at radius 2 is 1.91 bits per heavy atom. The molecule has 0 aliphatic carbocycles. The summed E-state index contributed by atoms with van der Waals surface area (Å²) in [5, 5.41) is 6.19. The van der Waals surface area contributed by atoms with Crippen molar-refractivity contribution in [3.05, 3.63) is 86.3 Å². The van der Waals surface area contributed by atoms with Gasteiger partial charge in [-0.1, -0.05) is 36.0 Å². The van der Waals surface area contributed by atoms with Crippen LogP contribution in [0.1, 0.15) is 16.0 Å². The summed E-state index contributed by atoms with van der Waals surface area (Å²) in [4.78, 5) is 31.9. The van der Waals surface area contributed by atoms with Crippen molar-refractivity contribution in [2.45, 2.75) is 25.5 Å². The Labute approximate surface area is 198 Å². The first-order valence-electron chi connectivity index (χ1n) is 10.4. The third-order valence-electron chi connectivity index (χ3n) is 5.18. The number of rotatable bonds is 6. The monoisotopic (exact) mass is 475 g/mol. The van der Waals surface area contributed by atoms with Gasteiger partial charge in [0, 0.05) is 16.0 Å². The van der Waals surface area contributed by atoms with E-state index in [2.05, 4.69) is 11.4 Å². The van der Waals surface area contributed by atoms with E-state index in [4.69, 9.17) is 9.40 Å². The predicted octanol–water partition coefficient (Wildman–Crippen LogP) is 5.60. The summed E-state index contributed by atoms with van der Waals surface area (Å²) in [6.07, 6.45) is 0. The van der Waals surface area contributed by atoms with Gasteiger partial charge in [-0.05, 0) is 60.7 Å². The summed E-state index contributed by atoms with van der Waals surface area (Å²) < 4.78 is 7.43. The molecule has 6 nitrogen and oxygen atoms in total. The van der Waals surface area contributed by atoms with Crippen LogP contribution < -0.4 is 10.9 Å². The average molecular weight is 476 g/mol. The fourth-order valence-corrected chi connectivity index (χ4v) is 5.32. The highest BCUT2D eigenvalue weighted by Gasteiger charge is 2.19. The largest absolute Gasteiger partial charge is 0.448 e. The van der Waals surface area contributed by atoms with Crippen LogP contribution in [0.2, 0.25) is 0 Å². The number of thioether (sulfide) groups is 1. The number of para-hydroxylation sites is 1. The van der Waals surface area contributed by atoms with Gasteiger partial charge in [0.1, 0.15) is 11.1 Å². The highest BCUT2D eigenvalue weighted by molar-refractivity contribution is 7.99. The molecule has 0 aliphatic rings. The molecule has 0 radical (unpaired) electrons. The smallest absolute Gasteiger partial charge is 0.298 e. The molecule has 2 aromatic carbocycles. The molecule has 0 aliphatic heterocycles. The third kappa shape index (κ3) is 4.44. The maximum Gasteiger partial charge on any atom is 0.298 e. The maximum atomic E-state index is 13.4. The number of thiophene rings is 1. The Balaban J connectivity index is 1.49. The number of fused-ring (bicyclic) bond motifs is 3. The molecule has 33 heavy (non-hydrogen) atoms. The number of benzene rings is 2. The van der Waals surface area contributed by atoms with Crippen molar-refractivity contribution in [2.75, 3.05) is 11.1 Å². The van der Waals surface area contributed by atoms with Crippen molar-refractivity contribution in [1.29, 1.82) is 0 Å². The topological polar surface area (TPSA) is 77.1 Å². The number of nitrogens with zero attached hydrogens (tertiary/aromatic N) is 2. The molecular formula is C25H21N3O3S2. The minimum absolute atomic E-state index is 0.130. The number of carbonyl (C=O) groups excluding carboxylic acids is 1. The number of amides is 1. The lowest BCUT2D eigenvalue weighted by molar-refractivity contribution is -0.113. The fourth-order valence-electron chi connectivity index (χ4n) is 3.84. The van der Waals surface area contributed by atoms with Crippen molar-refractivity contribution < 1.29 is 9.21 Å². The number of nitrogens with one attached hydrogen (secondary N) is 1. The Morgan fingerprint density at radius 1 is 1.12 bits per heavy atom. The van der Waals surface area contributed by atoms with Crippen LogP contribution in [0.5, 0.6) is 0 Å². The van der Waals surface area contributed by atoms with E-state index in [1.165, 1.54) is 11.8 Å². The number of hydrogen-bond donors (Lipinski definition) is 1. The zero-order valence-electron chi connectivity index (χ0n) is 18.1. The zero-order chi connectivity index (χ0) is 22.9. The number of aromatic nitrogens is 2. The molecule has 0 bridgehead atoms. The van der Waals surface area contributed by atoms with E-state index in [0.717, 1.165) is 27.1 Å². The molecule has 0 saturated carbocycles. The molecule has 3 heterocycles. The highest BCUT2D eigenvalue weighted by Crippen LogP contribution is 2.28. The van der Waals surface area contributed by atoms with Crippen molar-refractivity contribution >= 4 is 56.8 Å². The number of furan rings is 1. The lowest BCUT2D eigenvalue weighted by Gasteiger charge is -2.11. The molecule has 3 aromatic heterocycles. The summed E-state index contributed by atoms with van der Waals surface area (Å²) in [6.45, 7) is 4.36. The molecule has 1 N–H and O–H groups in total. The first-order chi connectivity index (χ1) is 16.0. The standard InChI is InChI=1S/C25H21N3O3S2/c1-15-10-16(2)12-17(11-15)26-21(29)14-33-25-27-22-19-7-3-4-8-20(19)31-23(22)24(30)28(25)13-18-6-5-9-32-18/h3-12H,13-14H2,1-2H3,(H,26,29). The molecule has 8 heteroatoms. The van der Waals surface area contributed by atoms with E-state index < -0.39 is 0 Å². The van der Waals surface area contributed by atoms with Crippen LogP contribution in [0.15, 0.2) is 74.3 Å². The second-order valence-electron chi connectivity index (χ2n) is 7.85. The van der Waals surface area contributed by atoms with Gasteiger partial charge in [0.25, 0.3) is 5.56 Å². The molecule has 1 amide bonds. The fraction of sp³-hybridized carbons (Fsp3) is 0.160. The van der Waals surface area contributed by atoms with E-state index in [0.29, 0.717) is 22.8 Å². The summed E-state index contributed by atoms with van der Waals surface area (Å²) in [5.41, 5.74) is 4.06. The van der Waals surface area contributed by atoms with E-state index in [-0.39, 0.29) is 22.8 Å². The number of anilines is 1. The second kappa shape index (κ2) is 8.88. The van der Waals surface area contributed by atoms with Gasteiger partial charge >= 0.3 is 0 Å². The van der Waals surface area contributed by atoms with Crippen molar-refractivity contribution in [1.82, 2.24) is 9.55 Å². The molecule has 5 aromatic rings. The minimum atomic E-state index is -0.248. The molecule has 5 rings (SSSR count). The molecule has 0 spiro atoms. The van der Waals surface area contributed by atoms with E-state index >= 15 is 0 Å². The highest BCUT2D eigenvalue weighted by atomic mass is 32.2. The van der Waals surface area contributed by atoms with Gasteiger partial charge in [0.2, 0.25) is 11.5 Å². The molecule has 0 saturated heterocycles. The molecule has 0 unspecified atom stereocenters. The minimum Gasteiger partial charge on any atom is -0.448 e. The van der Waals surface area contributed by atoms with Crippen molar-refractivity contribution in [2.24, 2.45) is 0 Å². The van der Waals surface area contributed by atoms with Gasteiger partial charge in [-0.3, -0.25) is 14.2 Å². The van der Waals surface area contributed by atoms with Gasteiger partial charge in [-0.2, -0.15) is 0 Å². The Bertz CT molecular complexity index is 1510. The van der Waals surface area contributed by atoms with Crippen LogP contribution >= 0.6 is 23.1 Å². The summed E-state index contributed by atoms with van der Waals surface area (Å²) in [7, 11) is 0. The van der Waals surface area contributed by atoms with Crippen molar-refractivity contribution in [3.63, 3.8) is 0 Å². The first-order valence-corrected chi connectivity index (χ1v) is 12.3. The Hall–Kier alpha value is -3.36. The van der Waals surface area contributed by atoms with Crippen LogP contribution in [0.4, 0.5) is 5.69 Å². The van der Waals surface area contributed by atoms with E-state index in [9.17, 15) is 9.59 Å². The predicted molar refractivity (Wildman–Crippen MR) is 134 cm³/mol. The number of carbonyl (C=O) groups is 1. The normalized spacial score (nSPS) is 11.3. The second-order valence-corrected chi connectivity index (χ2v) is 9.83. The zero-order valence-corrected chi connectivity index (χ0v) is 19.8. The SMILES string of the molecule is Cc1cc(C)cc(NC(=O)CSc2nc3c(oc4ccccc43)c(=O)n2Cc2cccs2)c1. The van der Waals surface area contributed by atoms with Gasteiger partial charge in [0.05, 0.1) is 12.3 Å². The van der Waals surface area contributed by atoms with Crippen LogP contribution in [0, 0.1) is 13.8 Å². The molecular weight excluding hydrogens is 454 g/mol. The first kappa shape index (κ1) is 21.5. The van der Waals surface area contributed by atoms with E-state index in [1.54, 1.807) is 15.9 Å². The lowest BCUT2D eigenvalue weighted by atomic mass is 10.1. The average Bonchev–Trinajstić information content (AvgIpc) is 3.42. The van der Waals surface area contributed by atoms with Gasteiger partial charge < -0.3 is 9.73 Å². The Kier molecular flexibility index (Phi) is 5.78. The maximum absolute atomic E-state index is 13.4. The molecule has 0 atom stereocenters. The number of hydrogen-bond acceptors (Lipinski definition) is 6. The third-order valence-corrected chi connectivity index (χ3v) is 7.02. The molecule has 0 fully saturated rings. The summed E-state index contributed by atoms with van der Waals surface area (Å²) in [5.74, 6) is -0.0235. The Morgan fingerprint density at radius 3 is 2.67 bits per heavy atom. The summed E-state index contributed by atoms with van der Waals surface area (Å²) >= 11 is 2.82. The van der Waals surface area contributed by atoms with Crippen molar-refractivity contribution in [3.8, 4) is 0 Å². The number of aryl methyl sites for hydroxylation is 2. The van der Waals surface area contributed by atoms with Gasteiger partial charge in [0.15, 0.2) is 5.16 Å². The lowest BCUT2D eigenvalue weighted by Crippen LogP contribution is -2.24. The van der Waals surface area contributed by atoms with Gasteiger partial charge in [-0.15, -0.1) is 11.3 Å². The van der Waals surface area contributed by atoms with Gasteiger partial charge in [-0.25, -0.2) is 4.98 Å². The quantitative estimate of drug-likeness (QED) is 0.255. The van der Waals surface area contributed by atoms with Crippen LogP contribution in [-0.2, 0) is 11.3 Å². The van der Waals surface area contributed by atoms with E-state index in [1.807, 2.05) is 67.8 Å². The van der Waals surface area contributed by atoms with Crippen LogP contribution in [0.25, 0.3) is 22.1 Å². The molecule has 166 valence electrons. The van der Waals surface area contributed by atoms with Crippen LogP contribution in [0.3, 0.4) is 0 Å². The summed E-state index contributed by atoms with van der Waals surface area (Å²) in [6, 6.07) is 17.3. The van der Waals surface area contributed by atoms with Crippen LogP contribution in [-0.4, -0.2) is 21.2 Å².